The van der Waals surface area contributed by atoms with E-state index in [0.29, 0.717) is 12.1 Å². The van der Waals surface area contributed by atoms with E-state index in [9.17, 15) is 4.79 Å². The monoisotopic (exact) mass is 271 g/mol. The molecule has 0 saturated heterocycles. The Morgan fingerprint density at radius 1 is 1.35 bits per heavy atom. The fraction of sp³-hybridized carbons (Fsp3) is 0.286. The average Bonchev–Trinajstić information content (AvgIpc) is 2.46. The Bertz CT molecular complexity index is 585. The number of hydrogen-bond acceptors (Lipinski definition) is 5. The minimum Gasteiger partial charge on any atom is -0.385 e. The van der Waals surface area contributed by atoms with Crippen LogP contribution in [0.15, 0.2) is 30.9 Å². The van der Waals surface area contributed by atoms with Crippen LogP contribution in [0, 0.1) is 6.92 Å². The maximum absolute atomic E-state index is 12.2. The van der Waals surface area contributed by atoms with Gasteiger partial charge in [0, 0.05) is 24.6 Å². The molecule has 2 rings (SSSR count). The first kappa shape index (κ1) is 13.9. The molecule has 0 spiro atoms. The summed E-state index contributed by atoms with van der Waals surface area (Å²) in [6.07, 6.45) is 4.69. The van der Waals surface area contributed by atoms with Crippen LogP contribution in [0.25, 0.3) is 0 Å². The van der Waals surface area contributed by atoms with Crippen LogP contribution in [0.3, 0.4) is 0 Å². The number of nitrogens with one attached hydrogen (secondary N) is 2. The Kier molecular flexibility index (Phi) is 4.60. The van der Waals surface area contributed by atoms with Crippen molar-refractivity contribution in [2.24, 2.45) is 0 Å². The Balaban J connectivity index is 2.09. The molecule has 0 fully saturated rings. The summed E-state index contributed by atoms with van der Waals surface area (Å²) < 4.78 is 0. The number of rotatable bonds is 5. The van der Waals surface area contributed by atoms with Crippen molar-refractivity contribution in [2.45, 2.75) is 20.4 Å². The van der Waals surface area contributed by atoms with Gasteiger partial charge in [0.2, 0.25) is 0 Å². The zero-order chi connectivity index (χ0) is 14.4. The highest BCUT2D eigenvalue weighted by atomic mass is 16.1. The summed E-state index contributed by atoms with van der Waals surface area (Å²) in [5.74, 6) is -0.174. The summed E-state index contributed by atoms with van der Waals surface area (Å²) in [4.78, 5) is 24.3. The van der Waals surface area contributed by atoms with Crippen molar-refractivity contribution >= 4 is 11.6 Å². The van der Waals surface area contributed by atoms with E-state index in [1.54, 1.807) is 18.5 Å². The first-order chi connectivity index (χ1) is 9.70. The zero-order valence-electron chi connectivity index (χ0n) is 11.6. The molecule has 2 aromatic rings. The maximum Gasteiger partial charge on any atom is 0.255 e. The van der Waals surface area contributed by atoms with Crippen LogP contribution in [0.2, 0.25) is 0 Å². The van der Waals surface area contributed by atoms with Crippen molar-refractivity contribution in [1.29, 1.82) is 0 Å². The standard InChI is InChI=1S/C14H17N5O/c1-3-16-13-6-10(2)17-8-12(13)14(20)18-7-11-4-5-15-9-19-11/h4-6,8-9H,3,7H2,1-2H3,(H,16,17)(H,18,20). The maximum atomic E-state index is 12.2. The van der Waals surface area contributed by atoms with Crippen molar-refractivity contribution in [3.05, 3.63) is 47.8 Å². The van der Waals surface area contributed by atoms with Crippen LogP contribution in [-0.2, 0) is 6.54 Å². The minimum absolute atomic E-state index is 0.174. The van der Waals surface area contributed by atoms with Crippen molar-refractivity contribution < 1.29 is 4.79 Å². The molecule has 20 heavy (non-hydrogen) atoms. The molecule has 0 saturated carbocycles. The summed E-state index contributed by atoms with van der Waals surface area (Å²) in [5, 5.41) is 5.99. The van der Waals surface area contributed by atoms with Crippen LogP contribution in [0.5, 0.6) is 0 Å². The van der Waals surface area contributed by atoms with Gasteiger partial charge in [-0.15, -0.1) is 0 Å². The lowest BCUT2D eigenvalue weighted by Crippen LogP contribution is -2.24. The van der Waals surface area contributed by atoms with E-state index in [1.165, 1.54) is 6.33 Å². The third-order valence-electron chi connectivity index (χ3n) is 2.73. The molecule has 0 atom stereocenters. The molecule has 6 nitrogen and oxygen atoms in total. The molecule has 0 bridgehead atoms. The van der Waals surface area contributed by atoms with E-state index in [2.05, 4.69) is 25.6 Å². The lowest BCUT2D eigenvalue weighted by atomic mass is 10.2. The minimum atomic E-state index is -0.174. The van der Waals surface area contributed by atoms with E-state index < -0.39 is 0 Å². The second-order valence-corrected chi connectivity index (χ2v) is 4.28. The lowest BCUT2D eigenvalue weighted by Gasteiger charge is -2.11. The van der Waals surface area contributed by atoms with Crippen molar-refractivity contribution in [1.82, 2.24) is 20.3 Å². The van der Waals surface area contributed by atoms with Gasteiger partial charge >= 0.3 is 0 Å². The van der Waals surface area contributed by atoms with Crippen LogP contribution in [0.4, 0.5) is 5.69 Å². The van der Waals surface area contributed by atoms with Gasteiger partial charge in [-0.3, -0.25) is 9.78 Å². The largest absolute Gasteiger partial charge is 0.385 e. The van der Waals surface area contributed by atoms with Crippen LogP contribution >= 0.6 is 0 Å². The summed E-state index contributed by atoms with van der Waals surface area (Å²) in [7, 11) is 0. The molecule has 2 heterocycles. The molecular formula is C14H17N5O. The predicted octanol–water partition coefficient (Wildman–Crippen LogP) is 1.54. The van der Waals surface area contributed by atoms with Crippen LogP contribution < -0.4 is 10.6 Å². The quantitative estimate of drug-likeness (QED) is 0.862. The Labute approximate surface area is 117 Å². The Morgan fingerprint density at radius 2 is 2.20 bits per heavy atom. The number of amides is 1. The highest BCUT2D eigenvalue weighted by molar-refractivity contribution is 5.99. The molecule has 1 amide bonds. The van der Waals surface area contributed by atoms with E-state index in [1.807, 2.05) is 19.9 Å². The number of hydrogen-bond donors (Lipinski definition) is 2. The molecule has 104 valence electrons. The summed E-state index contributed by atoms with van der Waals surface area (Å²) in [6.45, 7) is 4.98. The topological polar surface area (TPSA) is 79.8 Å². The molecule has 2 aromatic heterocycles. The molecule has 2 N–H and O–H groups in total. The summed E-state index contributed by atoms with van der Waals surface area (Å²) >= 11 is 0. The SMILES string of the molecule is CCNc1cc(C)ncc1C(=O)NCc1ccncn1. The highest BCUT2D eigenvalue weighted by Crippen LogP contribution is 2.15. The van der Waals surface area contributed by atoms with E-state index in [0.717, 1.165) is 23.6 Å². The number of carbonyl (C=O) groups is 1. The molecule has 0 aromatic carbocycles. The van der Waals surface area contributed by atoms with Gasteiger partial charge < -0.3 is 10.6 Å². The van der Waals surface area contributed by atoms with Gasteiger partial charge in [-0.2, -0.15) is 0 Å². The molecule has 6 heteroatoms. The van der Waals surface area contributed by atoms with Gasteiger partial charge in [-0.25, -0.2) is 9.97 Å². The van der Waals surface area contributed by atoms with Gasteiger partial charge in [-0.05, 0) is 26.0 Å². The molecule has 0 radical (unpaired) electrons. The summed E-state index contributed by atoms with van der Waals surface area (Å²) in [5.41, 5.74) is 2.96. The van der Waals surface area contributed by atoms with E-state index in [-0.39, 0.29) is 5.91 Å². The lowest BCUT2D eigenvalue weighted by molar-refractivity contribution is 0.0951. The number of aromatic nitrogens is 3. The van der Waals surface area contributed by atoms with Gasteiger partial charge in [0.1, 0.15) is 6.33 Å². The predicted molar refractivity (Wildman–Crippen MR) is 76.3 cm³/mol. The number of anilines is 1. The van der Waals surface area contributed by atoms with Gasteiger partial charge in [0.15, 0.2) is 0 Å². The van der Waals surface area contributed by atoms with Crippen molar-refractivity contribution in [3.63, 3.8) is 0 Å². The molecule has 0 unspecified atom stereocenters. The smallest absolute Gasteiger partial charge is 0.255 e. The van der Waals surface area contributed by atoms with Crippen molar-refractivity contribution in [2.75, 3.05) is 11.9 Å². The normalized spacial score (nSPS) is 10.1. The third-order valence-corrected chi connectivity index (χ3v) is 2.73. The number of aryl methyl sites for hydroxylation is 1. The number of carbonyl (C=O) groups excluding carboxylic acids is 1. The Morgan fingerprint density at radius 3 is 2.90 bits per heavy atom. The Hall–Kier alpha value is -2.50. The third kappa shape index (κ3) is 3.50. The highest BCUT2D eigenvalue weighted by Gasteiger charge is 2.11. The molecular weight excluding hydrogens is 254 g/mol. The molecule has 0 aliphatic heterocycles. The summed E-state index contributed by atoms with van der Waals surface area (Å²) in [6, 6.07) is 3.63. The zero-order valence-corrected chi connectivity index (χ0v) is 11.6. The fourth-order valence-electron chi connectivity index (χ4n) is 1.77. The van der Waals surface area contributed by atoms with Gasteiger partial charge in [0.25, 0.3) is 5.91 Å². The number of pyridine rings is 1. The van der Waals surface area contributed by atoms with E-state index >= 15 is 0 Å². The molecule has 0 aliphatic rings. The fourth-order valence-corrected chi connectivity index (χ4v) is 1.77. The van der Waals surface area contributed by atoms with Gasteiger partial charge in [0.05, 0.1) is 23.5 Å². The van der Waals surface area contributed by atoms with Crippen LogP contribution in [-0.4, -0.2) is 27.4 Å². The second-order valence-electron chi connectivity index (χ2n) is 4.28. The first-order valence-corrected chi connectivity index (χ1v) is 6.44. The average molecular weight is 271 g/mol. The second kappa shape index (κ2) is 6.60. The first-order valence-electron chi connectivity index (χ1n) is 6.44. The van der Waals surface area contributed by atoms with E-state index in [4.69, 9.17) is 0 Å². The van der Waals surface area contributed by atoms with Crippen LogP contribution in [0.1, 0.15) is 28.7 Å². The van der Waals surface area contributed by atoms with Crippen molar-refractivity contribution in [3.8, 4) is 0 Å². The number of nitrogens with zero attached hydrogens (tertiary/aromatic N) is 3. The molecule has 0 aliphatic carbocycles. The van der Waals surface area contributed by atoms with Gasteiger partial charge in [-0.1, -0.05) is 0 Å².